The minimum absolute atomic E-state index is 0.0668. The second kappa shape index (κ2) is 8.71. The van der Waals surface area contributed by atoms with Crippen LogP contribution in [0.5, 0.6) is 0 Å². The lowest BCUT2D eigenvalue weighted by atomic mass is 10.2. The van der Waals surface area contributed by atoms with E-state index in [1.807, 2.05) is 30.3 Å². The zero-order valence-corrected chi connectivity index (χ0v) is 16.3. The zero-order valence-electron chi connectivity index (χ0n) is 15.5. The monoisotopic (exact) mass is 397 g/mol. The van der Waals surface area contributed by atoms with Gasteiger partial charge < -0.3 is 9.64 Å². The molecule has 0 aliphatic rings. The third-order valence-corrected chi connectivity index (χ3v) is 5.14. The van der Waals surface area contributed by atoms with Gasteiger partial charge in [-0.15, -0.1) is 0 Å². The maximum absolute atomic E-state index is 12.8. The molecule has 0 aliphatic heterocycles. The molecule has 1 amide bonds. The number of amides is 1. The predicted octanol–water partition coefficient (Wildman–Crippen LogP) is 2.32. The van der Waals surface area contributed by atoms with E-state index < -0.39 is 5.97 Å². The van der Waals surface area contributed by atoms with Crippen LogP contribution in [0.4, 0.5) is 5.69 Å². The van der Waals surface area contributed by atoms with Gasteiger partial charge in [-0.2, -0.15) is 0 Å². The molecule has 28 heavy (non-hydrogen) atoms. The Hall–Kier alpha value is -3.13. The number of hydrogen-bond acceptors (Lipinski definition) is 6. The number of rotatable bonds is 6. The SMILES string of the molecule is COC(=O)Cn1c(SCC(=O)N(C)c2ccccc2)nc2ccccc2c1=O. The molecule has 2 aromatic carbocycles. The first-order chi connectivity index (χ1) is 13.5. The quantitative estimate of drug-likeness (QED) is 0.361. The fourth-order valence-electron chi connectivity index (χ4n) is 2.61. The molecule has 144 valence electrons. The van der Waals surface area contributed by atoms with Crippen LogP contribution in [0.3, 0.4) is 0 Å². The van der Waals surface area contributed by atoms with Crippen LogP contribution >= 0.6 is 11.8 Å². The van der Waals surface area contributed by atoms with Crippen LogP contribution in [0.15, 0.2) is 64.5 Å². The smallest absolute Gasteiger partial charge is 0.325 e. The summed E-state index contributed by atoms with van der Waals surface area (Å²) in [5.41, 5.74) is 0.939. The summed E-state index contributed by atoms with van der Waals surface area (Å²) in [6.07, 6.45) is 0. The Bertz CT molecular complexity index is 1070. The summed E-state index contributed by atoms with van der Waals surface area (Å²) < 4.78 is 5.93. The molecule has 0 unspecified atom stereocenters. The van der Waals surface area contributed by atoms with Gasteiger partial charge in [0.2, 0.25) is 5.91 Å². The van der Waals surface area contributed by atoms with E-state index >= 15 is 0 Å². The first-order valence-electron chi connectivity index (χ1n) is 8.52. The van der Waals surface area contributed by atoms with E-state index in [4.69, 9.17) is 0 Å². The minimum atomic E-state index is -0.561. The molecule has 8 heteroatoms. The van der Waals surface area contributed by atoms with E-state index in [1.54, 1.807) is 31.3 Å². The number of benzene rings is 2. The van der Waals surface area contributed by atoms with Gasteiger partial charge in [-0.3, -0.25) is 19.0 Å². The molecule has 3 rings (SSSR count). The topological polar surface area (TPSA) is 81.5 Å². The number of carbonyl (C=O) groups is 2. The van der Waals surface area contributed by atoms with Crippen molar-refractivity contribution in [1.82, 2.24) is 9.55 Å². The van der Waals surface area contributed by atoms with Crippen LogP contribution in [-0.4, -0.2) is 41.3 Å². The van der Waals surface area contributed by atoms with Crippen LogP contribution in [0.1, 0.15) is 0 Å². The molecular formula is C20H19N3O4S. The van der Waals surface area contributed by atoms with E-state index in [9.17, 15) is 14.4 Å². The number of thioether (sulfide) groups is 1. The Morgan fingerprint density at radius 2 is 1.79 bits per heavy atom. The lowest BCUT2D eigenvalue weighted by Crippen LogP contribution is -2.30. The Morgan fingerprint density at radius 3 is 2.50 bits per heavy atom. The average Bonchev–Trinajstić information content (AvgIpc) is 2.74. The minimum Gasteiger partial charge on any atom is -0.468 e. The van der Waals surface area contributed by atoms with Gasteiger partial charge in [-0.1, -0.05) is 42.1 Å². The second-order valence-corrected chi connectivity index (χ2v) is 6.90. The fourth-order valence-corrected chi connectivity index (χ4v) is 3.52. The lowest BCUT2D eigenvalue weighted by molar-refractivity contribution is -0.141. The third kappa shape index (κ3) is 4.23. The third-order valence-electron chi connectivity index (χ3n) is 4.18. The number of aromatic nitrogens is 2. The zero-order chi connectivity index (χ0) is 20.1. The molecule has 0 radical (unpaired) electrons. The van der Waals surface area contributed by atoms with Gasteiger partial charge in [0.25, 0.3) is 5.56 Å². The van der Waals surface area contributed by atoms with E-state index in [-0.39, 0.29) is 23.8 Å². The van der Waals surface area contributed by atoms with Crippen molar-refractivity contribution < 1.29 is 14.3 Å². The van der Waals surface area contributed by atoms with Crippen molar-refractivity contribution in [1.29, 1.82) is 0 Å². The molecule has 0 bridgehead atoms. The highest BCUT2D eigenvalue weighted by atomic mass is 32.2. The fraction of sp³-hybridized carbons (Fsp3) is 0.200. The molecule has 3 aromatic rings. The molecular weight excluding hydrogens is 378 g/mol. The van der Waals surface area contributed by atoms with Crippen molar-refractivity contribution in [3.05, 3.63) is 65.0 Å². The van der Waals surface area contributed by atoms with Crippen LogP contribution in [-0.2, 0) is 20.9 Å². The van der Waals surface area contributed by atoms with Gasteiger partial charge in [0.15, 0.2) is 5.16 Å². The molecule has 0 fully saturated rings. The van der Waals surface area contributed by atoms with Crippen LogP contribution < -0.4 is 10.5 Å². The van der Waals surface area contributed by atoms with Gasteiger partial charge in [-0.25, -0.2) is 4.98 Å². The van der Waals surface area contributed by atoms with Gasteiger partial charge in [-0.05, 0) is 24.3 Å². The van der Waals surface area contributed by atoms with Crippen molar-refractivity contribution in [2.24, 2.45) is 0 Å². The summed E-state index contributed by atoms with van der Waals surface area (Å²) >= 11 is 1.11. The average molecular weight is 397 g/mol. The number of methoxy groups -OCH3 is 1. The highest BCUT2D eigenvalue weighted by Gasteiger charge is 2.17. The number of fused-ring (bicyclic) bond motifs is 1. The number of esters is 1. The van der Waals surface area contributed by atoms with Gasteiger partial charge in [0.1, 0.15) is 6.54 Å². The number of anilines is 1. The maximum Gasteiger partial charge on any atom is 0.325 e. The second-order valence-electron chi connectivity index (χ2n) is 5.96. The van der Waals surface area contributed by atoms with Gasteiger partial charge in [0.05, 0.1) is 23.8 Å². The Kier molecular flexibility index (Phi) is 6.10. The summed E-state index contributed by atoms with van der Waals surface area (Å²) in [7, 11) is 2.95. The Balaban J connectivity index is 1.89. The molecule has 0 spiro atoms. The largest absolute Gasteiger partial charge is 0.468 e. The van der Waals surface area contributed by atoms with Crippen molar-refractivity contribution >= 4 is 40.2 Å². The molecule has 0 atom stereocenters. The summed E-state index contributed by atoms with van der Waals surface area (Å²) in [5, 5.41) is 0.701. The summed E-state index contributed by atoms with van der Waals surface area (Å²) in [6.45, 7) is -0.266. The Morgan fingerprint density at radius 1 is 1.11 bits per heavy atom. The predicted molar refractivity (Wildman–Crippen MR) is 109 cm³/mol. The summed E-state index contributed by atoms with van der Waals surface area (Å²) in [4.78, 5) is 43.1. The number of para-hydroxylation sites is 2. The van der Waals surface area contributed by atoms with Crippen molar-refractivity contribution in [2.75, 3.05) is 24.8 Å². The molecule has 7 nitrogen and oxygen atoms in total. The number of ether oxygens (including phenoxy) is 1. The van der Waals surface area contributed by atoms with Crippen LogP contribution in [0.25, 0.3) is 10.9 Å². The molecule has 0 saturated carbocycles. The van der Waals surface area contributed by atoms with E-state index in [0.717, 1.165) is 17.4 Å². The normalized spacial score (nSPS) is 10.6. The van der Waals surface area contributed by atoms with E-state index in [1.165, 1.54) is 16.6 Å². The van der Waals surface area contributed by atoms with Crippen molar-refractivity contribution in [2.45, 2.75) is 11.7 Å². The van der Waals surface area contributed by atoms with Crippen LogP contribution in [0.2, 0.25) is 0 Å². The highest BCUT2D eigenvalue weighted by Crippen LogP contribution is 2.20. The Labute approximate surface area is 165 Å². The number of carbonyl (C=O) groups excluding carboxylic acids is 2. The van der Waals surface area contributed by atoms with Crippen molar-refractivity contribution in [3.8, 4) is 0 Å². The molecule has 0 aliphatic carbocycles. The van der Waals surface area contributed by atoms with E-state index in [0.29, 0.717) is 16.1 Å². The highest BCUT2D eigenvalue weighted by molar-refractivity contribution is 7.99. The maximum atomic E-state index is 12.8. The van der Waals surface area contributed by atoms with Crippen LogP contribution in [0, 0.1) is 0 Å². The lowest BCUT2D eigenvalue weighted by Gasteiger charge is -2.17. The molecule has 1 aromatic heterocycles. The standard InChI is InChI=1S/C20H19N3O4S/c1-22(14-8-4-3-5-9-14)17(24)13-28-20-21-16-11-7-6-10-15(16)19(26)23(20)12-18(25)27-2/h3-11H,12-13H2,1-2H3. The molecule has 1 heterocycles. The number of hydrogen-bond donors (Lipinski definition) is 0. The van der Waals surface area contributed by atoms with E-state index in [2.05, 4.69) is 9.72 Å². The molecule has 0 N–H and O–H groups in total. The summed E-state index contributed by atoms with van der Waals surface area (Å²) in [5.74, 6) is -0.644. The van der Waals surface area contributed by atoms with Gasteiger partial charge in [0, 0.05) is 12.7 Å². The van der Waals surface area contributed by atoms with Gasteiger partial charge >= 0.3 is 5.97 Å². The molecule has 0 saturated heterocycles. The summed E-state index contributed by atoms with van der Waals surface area (Å²) in [6, 6.07) is 16.1. The van der Waals surface area contributed by atoms with Crippen molar-refractivity contribution in [3.63, 3.8) is 0 Å². The number of nitrogens with zero attached hydrogens (tertiary/aromatic N) is 3. The first-order valence-corrected chi connectivity index (χ1v) is 9.50. The first kappa shape index (κ1) is 19.6.